The van der Waals surface area contributed by atoms with Gasteiger partial charge in [-0.25, -0.2) is 0 Å². The van der Waals surface area contributed by atoms with Crippen molar-refractivity contribution in [2.75, 3.05) is 17.7 Å². The third-order valence-electron chi connectivity index (χ3n) is 3.33. The number of pyridine rings is 1. The molecular weight excluding hydrogens is 319 g/mol. The van der Waals surface area contributed by atoms with E-state index in [4.69, 9.17) is 0 Å². The van der Waals surface area contributed by atoms with Crippen LogP contribution in [0.25, 0.3) is 5.57 Å². The van der Waals surface area contributed by atoms with Gasteiger partial charge in [0.15, 0.2) is 0 Å². The van der Waals surface area contributed by atoms with Crippen LogP contribution in [0.1, 0.15) is 23.7 Å². The van der Waals surface area contributed by atoms with Crippen LogP contribution in [0.4, 0.5) is 24.5 Å². The highest BCUT2D eigenvalue weighted by atomic mass is 19.4. The van der Waals surface area contributed by atoms with Gasteiger partial charge in [-0.05, 0) is 41.5 Å². The molecule has 2 rings (SSSR count). The fourth-order valence-corrected chi connectivity index (χ4v) is 2.22. The Balaban J connectivity index is 2.47. The standard InChI is InChI=1S/C17H16F3N3O/c1-10(12-6-7-22-16(8-12)17(18,19)20)14-9-13(23-11(2)24)4-5-15(14)21-3/h4-9,21H,1H2,2-3H3,(H,23,24). The van der Waals surface area contributed by atoms with Gasteiger partial charge in [0.2, 0.25) is 5.91 Å². The average molecular weight is 335 g/mol. The highest BCUT2D eigenvalue weighted by Crippen LogP contribution is 2.33. The smallest absolute Gasteiger partial charge is 0.388 e. The van der Waals surface area contributed by atoms with Crippen molar-refractivity contribution < 1.29 is 18.0 Å². The second-order valence-corrected chi connectivity index (χ2v) is 5.10. The van der Waals surface area contributed by atoms with Crippen LogP contribution in [0.2, 0.25) is 0 Å². The summed E-state index contributed by atoms with van der Waals surface area (Å²) in [6.45, 7) is 5.27. The van der Waals surface area contributed by atoms with Crippen molar-refractivity contribution in [3.8, 4) is 0 Å². The molecule has 0 saturated heterocycles. The van der Waals surface area contributed by atoms with Crippen LogP contribution in [0.15, 0.2) is 43.1 Å². The van der Waals surface area contributed by atoms with Crippen LogP contribution in [0.3, 0.4) is 0 Å². The summed E-state index contributed by atoms with van der Waals surface area (Å²) in [5.41, 5.74) is 1.50. The number of nitrogens with one attached hydrogen (secondary N) is 2. The number of halogens is 3. The van der Waals surface area contributed by atoms with E-state index in [1.54, 1.807) is 25.2 Å². The van der Waals surface area contributed by atoms with Crippen molar-refractivity contribution >= 4 is 22.9 Å². The topological polar surface area (TPSA) is 54.0 Å². The second kappa shape index (κ2) is 6.74. The van der Waals surface area contributed by atoms with E-state index >= 15 is 0 Å². The molecule has 4 nitrogen and oxygen atoms in total. The molecular formula is C17H16F3N3O. The summed E-state index contributed by atoms with van der Waals surface area (Å²) in [6, 6.07) is 7.48. The van der Waals surface area contributed by atoms with Gasteiger partial charge >= 0.3 is 6.18 Å². The van der Waals surface area contributed by atoms with Crippen LogP contribution < -0.4 is 10.6 Å². The van der Waals surface area contributed by atoms with Gasteiger partial charge < -0.3 is 10.6 Å². The number of amides is 1. The molecule has 2 aromatic rings. The maximum absolute atomic E-state index is 12.8. The fourth-order valence-electron chi connectivity index (χ4n) is 2.22. The predicted molar refractivity (Wildman–Crippen MR) is 87.7 cm³/mol. The number of alkyl halides is 3. The number of hydrogen-bond acceptors (Lipinski definition) is 3. The molecule has 0 radical (unpaired) electrons. The van der Waals surface area contributed by atoms with E-state index < -0.39 is 11.9 Å². The Hall–Kier alpha value is -2.83. The molecule has 0 bridgehead atoms. The third kappa shape index (κ3) is 3.92. The Morgan fingerprint density at radius 2 is 1.92 bits per heavy atom. The second-order valence-electron chi connectivity index (χ2n) is 5.10. The van der Waals surface area contributed by atoms with Gasteiger partial charge in [0.25, 0.3) is 0 Å². The van der Waals surface area contributed by atoms with E-state index in [0.717, 1.165) is 12.3 Å². The number of hydrogen-bond donors (Lipinski definition) is 2. The van der Waals surface area contributed by atoms with Crippen molar-refractivity contribution in [1.29, 1.82) is 0 Å². The first-order valence-corrected chi connectivity index (χ1v) is 7.04. The summed E-state index contributed by atoms with van der Waals surface area (Å²) in [5.74, 6) is -0.243. The minimum absolute atomic E-state index is 0.243. The van der Waals surface area contributed by atoms with Gasteiger partial charge in [-0.1, -0.05) is 6.58 Å². The van der Waals surface area contributed by atoms with Gasteiger partial charge in [0.1, 0.15) is 5.69 Å². The minimum Gasteiger partial charge on any atom is -0.388 e. The summed E-state index contributed by atoms with van der Waals surface area (Å²) in [7, 11) is 1.69. The van der Waals surface area contributed by atoms with Crippen molar-refractivity contribution in [3.05, 3.63) is 59.9 Å². The SMILES string of the molecule is C=C(c1ccnc(C(F)(F)F)c1)c1cc(NC(C)=O)ccc1NC. The van der Waals surface area contributed by atoms with E-state index in [0.29, 0.717) is 28.1 Å². The Morgan fingerprint density at radius 1 is 1.21 bits per heavy atom. The molecule has 0 fully saturated rings. The number of carbonyl (C=O) groups excluding carboxylic acids is 1. The zero-order valence-corrected chi connectivity index (χ0v) is 13.2. The van der Waals surface area contributed by atoms with Gasteiger partial charge in [-0.15, -0.1) is 0 Å². The number of anilines is 2. The summed E-state index contributed by atoms with van der Waals surface area (Å²) in [6.07, 6.45) is -3.43. The van der Waals surface area contributed by atoms with Crippen LogP contribution in [0.5, 0.6) is 0 Å². The van der Waals surface area contributed by atoms with Gasteiger partial charge in [-0.2, -0.15) is 13.2 Å². The Labute approximate surface area is 137 Å². The summed E-state index contributed by atoms with van der Waals surface area (Å²) < 4.78 is 38.5. The molecule has 1 aromatic carbocycles. The molecule has 0 aliphatic rings. The zero-order valence-electron chi connectivity index (χ0n) is 13.2. The van der Waals surface area contributed by atoms with Gasteiger partial charge in [0, 0.05) is 37.1 Å². The monoisotopic (exact) mass is 335 g/mol. The first kappa shape index (κ1) is 17.5. The van der Waals surface area contributed by atoms with Crippen LogP contribution in [0, 0.1) is 0 Å². The molecule has 0 atom stereocenters. The molecule has 24 heavy (non-hydrogen) atoms. The largest absolute Gasteiger partial charge is 0.433 e. The Bertz CT molecular complexity index is 785. The average Bonchev–Trinajstić information content (AvgIpc) is 2.53. The van der Waals surface area contributed by atoms with Crippen molar-refractivity contribution in [2.24, 2.45) is 0 Å². The fraction of sp³-hybridized carbons (Fsp3) is 0.176. The van der Waals surface area contributed by atoms with Crippen LogP contribution >= 0.6 is 0 Å². The first-order chi connectivity index (χ1) is 11.2. The normalized spacial score (nSPS) is 11.0. The van der Waals surface area contributed by atoms with Crippen molar-refractivity contribution in [3.63, 3.8) is 0 Å². The van der Waals surface area contributed by atoms with E-state index in [1.807, 2.05) is 0 Å². The predicted octanol–water partition coefficient (Wildman–Crippen LogP) is 4.16. The number of benzene rings is 1. The summed E-state index contributed by atoms with van der Waals surface area (Å²) in [4.78, 5) is 14.5. The molecule has 1 amide bonds. The molecule has 0 unspecified atom stereocenters. The maximum atomic E-state index is 12.8. The Kier molecular flexibility index (Phi) is 4.92. The molecule has 126 valence electrons. The molecule has 7 heteroatoms. The quantitative estimate of drug-likeness (QED) is 0.882. The highest BCUT2D eigenvalue weighted by molar-refractivity contribution is 5.92. The molecule has 1 aromatic heterocycles. The lowest BCUT2D eigenvalue weighted by Gasteiger charge is -2.15. The lowest BCUT2D eigenvalue weighted by molar-refractivity contribution is -0.141. The molecule has 0 saturated carbocycles. The number of rotatable bonds is 4. The molecule has 2 N–H and O–H groups in total. The van der Waals surface area contributed by atoms with Crippen molar-refractivity contribution in [2.45, 2.75) is 13.1 Å². The maximum Gasteiger partial charge on any atom is 0.433 e. The zero-order chi connectivity index (χ0) is 17.9. The lowest BCUT2D eigenvalue weighted by Crippen LogP contribution is -2.09. The molecule has 0 aliphatic heterocycles. The highest BCUT2D eigenvalue weighted by Gasteiger charge is 2.32. The van der Waals surface area contributed by atoms with Gasteiger partial charge in [-0.3, -0.25) is 9.78 Å². The number of nitrogens with zero attached hydrogens (tertiary/aromatic N) is 1. The lowest BCUT2D eigenvalue weighted by atomic mass is 9.97. The van der Waals surface area contributed by atoms with E-state index in [2.05, 4.69) is 22.2 Å². The van der Waals surface area contributed by atoms with E-state index in [1.165, 1.54) is 13.0 Å². The first-order valence-electron chi connectivity index (χ1n) is 7.04. The number of carbonyl (C=O) groups is 1. The molecule has 0 spiro atoms. The van der Waals surface area contributed by atoms with Crippen molar-refractivity contribution in [1.82, 2.24) is 4.98 Å². The molecule has 1 heterocycles. The van der Waals surface area contributed by atoms with E-state index in [9.17, 15) is 18.0 Å². The summed E-state index contributed by atoms with van der Waals surface area (Å²) in [5, 5.41) is 5.60. The van der Waals surface area contributed by atoms with Gasteiger partial charge in [0.05, 0.1) is 0 Å². The third-order valence-corrected chi connectivity index (χ3v) is 3.33. The van der Waals surface area contributed by atoms with E-state index in [-0.39, 0.29) is 5.91 Å². The number of aromatic nitrogens is 1. The minimum atomic E-state index is -4.53. The summed E-state index contributed by atoms with van der Waals surface area (Å²) >= 11 is 0. The molecule has 0 aliphatic carbocycles. The Morgan fingerprint density at radius 3 is 2.50 bits per heavy atom. The van der Waals surface area contributed by atoms with Crippen LogP contribution in [-0.2, 0) is 11.0 Å². The van der Waals surface area contributed by atoms with Crippen LogP contribution in [-0.4, -0.2) is 17.9 Å².